The van der Waals surface area contributed by atoms with Crippen LogP contribution in [0.4, 0.5) is 0 Å². The molecule has 0 radical (unpaired) electrons. The first-order chi connectivity index (χ1) is 4.50. The minimum atomic E-state index is -0.222. The lowest BCUT2D eigenvalue weighted by molar-refractivity contribution is 0.0490. The monoisotopic (exact) mass is 144 g/mol. The predicted molar refractivity (Wildman–Crippen MR) is 39.8 cm³/mol. The molecule has 0 aromatic rings. The van der Waals surface area contributed by atoms with Gasteiger partial charge in [-0.2, -0.15) is 0 Å². The number of epoxide rings is 1. The van der Waals surface area contributed by atoms with E-state index in [0.29, 0.717) is 6.10 Å². The molecule has 0 bridgehead atoms. The standard InChI is InChI=1S/C8H16O2/c1-8(2,3)7(9)4-6-5-10-6/h6-7,9H,4-5H2,1-3H3. The maximum Gasteiger partial charge on any atom is 0.0834 e. The van der Waals surface area contributed by atoms with Crippen molar-refractivity contribution in [2.45, 2.75) is 39.4 Å². The van der Waals surface area contributed by atoms with E-state index >= 15 is 0 Å². The summed E-state index contributed by atoms with van der Waals surface area (Å²) < 4.78 is 5.01. The highest BCUT2D eigenvalue weighted by Crippen LogP contribution is 2.26. The number of hydrogen-bond acceptors (Lipinski definition) is 2. The smallest absolute Gasteiger partial charge is 0.0834 e. The molecule has 2 unspecified atom stereocenters. The molecule has 2 atom stereocenters. The number of aliphatic hydroxyl groups excluding tert-OH is 1. The van der Waals surface area contributed by atoms with Crippen molar-refractivity contribution in [3.05, 3.63) is 0 Å². The van der Waals surface area contributed by atoms with Crippen molar-refractivity contribution in [2.75, 3.05) is 6.61 Å². The van der Waals surface area contributed by atoms with Gasteiger partial charge in [-0.1, -0.05) is 20.8 Å². The highest BCUT2D eigenvalue weighted by molar-refractivity contribution is 4.80. The second-order valence-corrected chi connectivity index (χ2v) is 4.07. The second-order valence-electron chi connectivity index (χ2n) is 4.07. The largest absolute Gasteiger partial charge is 0.392 e. The Morgan fingerprint density at radius 2 is 2.10 bits per heavy atom. The molecule has 2 heteroatoms. The molecule has 10 heavy (non-hydrogen) atoms. The van der Waals surface area contributed by atoms with E-state index in [4.69, 9.17) is 4.74 Å². The minimum Gasteiger partial charge on any atom is -0.392 e. The van der Waals surface area contributed by atoms with Crippen molar-refractivity contribution in [2.24, 2.45) is 5.41 Å². The van der Waals surface area contributed by atoms with Gasteiger partial charge in [0.1, 0.15) is 0 Å². The Balaban J connectivity index is 2.25. The van der Waals surface area contributed by atoms with Crippen LogP contribution in [0.15, 0.2) is 0 Å². The van der Waals surface area contributed by atoms with Gasteiger partial charge < -0.3 is 9.84 Å². The lowest BCUT2D eigenvalue weighted by atomic mass is 9.86. The normalized spacial score (nSPS) is 28.2. The number of hydrogen-bond donors (Lipinski definition) is 1. The number of aliphatic hydroxyl groups is 1. The zero-order valence-electron chi connectivity index (χ0n) is 6.92. The van der Waals surface area contributed by atoms with E-state index in [0.717, 1.165) is 13.0 Å². The van der Waals surface area contributed by atoms with Crippen molar-refractivity contribution >= 4 is 0 Å². The van der Waals surface area contributed by atoms with Gasteiger partial charge in [-0.05, 0) is 5.41 Å². The third-order valence-corrected chi connectivity index (χ3v) is 1.89. The summed E-state index contributed by atoms with van der Waals surface area (Å²) in [6.45, 7) is 6.97. The van der Waals surface area contributed by atoms with E-state index < -0.39 is 0 Å². The first-order valence-corrected chi connectivity index (χ1v) is 3.80. The maximum absolute atomic E-state index is 9.52. The molecule has 0 amide bonds. The molecule has 60 valence electrons. The maximum atomic E-state index is 9.52. The molecule has 0 spiro atoms. The second kappa shape index (κ2) is 2.51. The van der Waals surface area contributed by atoms with Crippen LogP contribution < -0.4 is 0 Å². The zero-order chi connectivity index (χ0) is 7.78. The topological polar surface area (TPSA) is 32.8 Å². The molecule has 0 aromatic carbocycles. The van der Waals surface area contributed by atoms with E-state index in [9.17, 15) is 5.11 Å². The molecule has 1 heterocycles. The average Bonchev–Trinajstić information content (AvgIpc) is 2.47. The Bertz CT molecular complexity index is 111. The fourth-order valence-corrected chi connectivity index (χ4v) is 0.807. The van der Waals surface area contributed by atoms with Crippen LogP contribution >= 0.6 is 0 Å². The highest BCUT2D eigenvalue weighted by atomic mass is 16.6. The predicted octanol–water partition coefficient (Wildman–Crippen LogP) is 1.18. The van der Waals surface area contributed by atoms with E-state index in [-0.39, 0.29) is 11.5 Å². The van der Waals surface area contributed by atoms with Gasteiger partial charge in [0.25, 0.3) is 0 Å². The van der Waals surface area contributed by atoms with Crippen LogP contribution in [-0.4, -0.2) is 23.9 Å². The molecular formula is C8H16O2. The summed E-state index contributed by atoms with van der Waals surface area (Å²) >= 11 is 0. The first-order valence-electron chi connectivity index (χ1n) is 3.80. The summed E-state index contributed by atoms with van der Waals surface area (Å²) in [5.41, 5.74) is 0.00590. The lowest BCUT2D eigenvalue weighted by Crippen LogP contribution is -2.27. The van der Waals surface area contributed by atoms with E-state index in [1.165, 1.54) is 0 Å². The molecule has 1 fully saturated rings. The molecule has 0 saturated carbocycles. The van der Waals surface area contributed by atoms with Gasteiger partial charge in [0.05, 0.1) is 18.8 Å². The highest BCUT2D eigenvalue weighted by Gasteiger charge is 2.31. The molecule has 2 nitrogen and oxygen atoms in total. The van der Waals surface area contributed by atoms with Crippen molar-refractivity contribution in [1.82, 2.24) is 0 Å². The van der Waals surface area contributed by atoms with Crippen LogP contribution in [0.1, 0.15) is 27.2 Å². The Morgan fingerprint density at radius 1 is 1.60 bits per heavy atom. The van der Waals surface area contributed by atoms with Crippen LogP contribution in [0.2, 0.25) is 0 Å². The third kappa shape index (κ3) is 2.27. The van der Waals surface area contributed by atoms with Gasteiger partial charge in [-0.15, -0.1) is 0 Å². The molecule has 0 aliphatic carbocycles. The number of ether oxygens (including phenoxy) is 1. The van der Waals surface area contributed by atoms with Gasteiger partial charge in [-0.3, -0.25) is 0 Å². The summed E-state index contributed by atoms with van der Waals surface area (Å²) in [5.74, 6) is 0. The van der Waals surface area contributed by atoms with Crippen LogP contribution in [0, 0.1) is 5.41 Å². The quantitative estimate of drug-likeness (QED) is 0.590. The van der Waals surface area contributed by atoms with Gasteiger partial charge >= 0.3 is 0 Å². The van der Waals surface area contributed by atoms with Crippen LogP contribution in [0.3, 0.4) is 0 Å². The van der Waals surface area contributed by atoms with E-state index in [1.807, 2.05) is 20.8 Å². The minimum absolute atomic E-state index is 0.00590. The summed E-state index contributed by atoms with van der Waals surface area (Å²) in [6, 6.07) is 0. The molecule has 1 aliphatic heterocycles. The Morgan fingerprint density at radius 3 is 2.40 bits per heavy atom. The molecular weight excluding hydrogens is 128 g/mol. The summed E-state index contributed by atoms with van der Waals surface area (Å²) in [5, 5.41) is 9.52. The Labute approximate surface area is 62.2 Å². The number of rotatable bonds is 2. The van der Waals surface area contributed by atoms with Crippen LogP contribution in [0.25, 0.3) is 0 Å². The van der Waals surface area contributed by atoms with Gasteiger partial charge in [0.15, 0.2) is 0 Å². The Kier molecular flexibility index (Phi) is 2.02. The SMILES string of the molecule is CC(C)(C)C(O)CC1CO1. The van der Waals surface area contributed by atoms with Crippen LogP contribution in [0.5, 0.6) is 0 Å². The van der Waals surface area contributed by atoms with Gasteiger partial charge in [0, 0.05) is 6.42 Å². The van der Waals surface area contributed by atoms with Crippen molar-refractivity contribution in [1.29, 1.82) is 0 Å². The average molecular weight is 144 g/mol. The molecule has 1 saturated heterocycles. The summed E-state index contributed by atoms with van der Waals surface area (Å²) in [4.78, 5) is 0. The summed E-state index contributed by atoms with van der Waals surface area (Å²) in [7, 11) is 0. The van der Waals surface area contributed by atoms with Crippen molar-refractivity contribution in [3.63, 3.8) is 0 Å². The third-order valence-electron chi connectivity index (χ3n) is 1.89. The summed E-state index contributed by atoms with van der Waals surface area (Å²) in [6.07, 6.45) is 0.915. The Hall–Kier alpha value is -0.0800. The fourth-order valence-electron chi connectivity index (χ4n) is 0.807. The van der Waals surface area contributed by atoms with Crippen LogP contribution in [-0.2, 0) is 4.74 Å². The van der Waals surface area contributed by atoms with Crippen molar-refractivity contribution < 1.29 is 9.84 Å². The lowest BCUT2D eigenvalue weighted by Gasteiger charge is -2.24. The van der Waals surface area contributed by atoms with Gasteiger partial charge in [-0.25, -0.2) is 0 Å². The van der Waals surface area contributed by atoms with E-state index in [1.54, 1.807) is 0 Å². The van der Waals surface area contributed by atoms with E-state index in [2.05, 4.69) is 0 Å². The first kappa shape index (κ1) is 8.02. The molecule has 1 aliphatic rings. The van der Waals surface area contributed by atoms with Crippen molar-refractivity contribution in [3.8, 4) is 0 Å². The zero-order valence-corrected chi connectivity index (χ0v) is 6.92. The fraction of sp³-hybridized carbons (Fsp3) is 1.00. The molecule has 0 aromatic heterocycles. The van der Waals surface area contributed by atoms with Gasteiger partial charge in [0.2, 0.25) is 0 Å². The molecule has 1 N–H and O–H groups in total. The molecule has 1 rings (SSSR count).